The Bertz CT molecular complexity index is 883. The second-order valence-corrected chi connectivity index (χ2v) is 7.47. The summed E-state index contributed by atoms with van der Waals surface area (Å²) in [7, 11) is 0. The molecule has 2 atom stereocenters. The van der Waals surface area contributed by atoms with Gasteiger partial charge in [-0.1, -0.05) is 6.07 Å². The van der Waals surface area contributed by atoms with Crippen molar-refractivity contribution >= 4 is 22.7 Å². The van der Waals surface area contributed by atoms with Crippen LogP contribution >= 0.6 is 0 Å². The molecule has 7 nitrogen and oxygen atoms in total. The Morgan fingerprint density at radius 1 is 1.25 bits per heavy atom. The Balaban J connectivity index is 1.49. The molecule has 0 unspecified atom stereocenters. The number of carbonyl (C=O) groups is 2. The number of amides is 2. The number of aromatic nitrogens is 2. The first-order valence-electron chi connectivity index (χ1n) is 9.79. The Morgan fingerprint density at radius 3 is 2.79 bits per heavy atom. The minimum Gasteiger partial charge on any atom is -0.369 e. The summed E-state index contributed by atoms with van der Waals surface area (Å²) in [6, 6.07) is 5.63. The summed E-state index contributed by atoms with van der Waals surface area (Å²) >= 11 is 0. The number of nitrogens with zero attached hydrogens (tertiary/aromatic N) is 3. The molecule has 1 aromatic carbocycles. The molecule has 2 fully saturated rings. The number of alkyl halides is 1. The fraction of sp³-hybridized carbons (Fsp3) is 0.550. The molecule has 1 aliphatic heterocycles. The van der Waals surface area contributed by atoms with Crippen molar-refractivity contribution in [3.63, 3.8) is 0 Å². The van der Waals surface area contributed by atoms with Gasteiger partial charge >= 0.3 is 0 Å². The van der Waals surface area contributed by atoms with Crippen molar-refractivity contribution in [2.75, 3.05) is 33.0 Å². The van der Waals surface area contributed by atoms with Gasteiger partial charge in [0.1, 0.15) is 13.3 Å². The van der Waals surface area contributed by atoms with Crippen molar-refractivity contribution in [3.05, 3.63) is 29.5 Å². The van der Waals surface area contributed by atoms with E-state index in [1.54, 1.807) is 0 Å². The van der Waals surface area contributed by atoms with Gasteiger partial charge in [-0.05, 0) is 38.3 Å². The third-order valence-electron chi connectivity index (χ3n) is 5.85. The monoisotopic (exact) mass is 388 g/mol. The molecule has 2 aliphatic rings. The number of aryl methyl sites for hydroxylation is 1. The van der Waals surface area contributed by atoms with Crippen LogP contribution in [0.1, 0.15) is 35.3 Å². The Kier molecular flexibility index (Phi) is 5.30. The zero-order valence-corrected chi connectivity index (χ0v) is 16.0. The van der Waals surface area contributed by atoms with Gasteiger partial charge < -0.3 is 14.5 Å². The van der Waals surface area contributed by atoms with Crippen LogP contribution in [-0.4, -0.2) is 76.9 Å². The van der Waals surface area contributed by atoms with E-state index >= 15 is 0 Å². The first kappa shape index (κ1) is 18.9. The molecule has 2 heterocycles. The van der Waals surface area contributed by atoms with Gasteiger partial charge in [0, 0.05) is 29.7 Å². The van der Waals surface area contributed by atoms with Crippen molar-refractivity contribution in [3.8, 4) is 0 Å². The fourth-order valence-electron chi connectivity index (χ4n) is 4.50. The average Bonchev–Trinajstić information content (AvgIpc) is 3.34. The SMILES string of the molecule is Cc1[nH]nc2cc(C(=O)N3CCN(C(=O)COCCF)[C@@H]4CCC[C@@H]43)ccc12. The molecule has 4 rings (SSSR count). The minimum atomic E-state index is -0.596. The molecule has 2 aromatic rings. The molecule has 28 heavy (non-hydrogen) atoms. The lowest BCUT2D eigenvalue weighted by Crippen LogP contribution is -2.60. The summed E-state index contributed by atoms with van der Waals surface area (Å²) in [6.07, 6.45) is 2.74. The maximum atomic E-state index is 13.2. The van der Waals surface area contributed by atoms with E-state index in [-0.39, 0.29) is 37.1 Å². The van der Waals surface area contributed by atoms with Crippen LogP contribution in [0.15, 0.2) is 18.2 Å². The molecule has 0 bridgehead atoms. The normalized spacial score (nSPS) is 21.9. The van der Waals surface area contributed by atoms with Gasteiger partial charge in [-0.15, -0.1) is 0 Å². The predicted molar refractivity (Wildman–Crippen MR) is 102 cm³/mol. The van der Waals surface area contributed by atoms with Crippen molar-refractivity contribution < 1.29 is 18.7 Å². The molecule has 2 amide bonds. The molecular formula is C20H25FN4O3. The Hall–Kier alpha value is -2.48. The fourth-order valence-corrected chi connectivity index (χ4v) is 4.50. The summed E-state index contributed by atoms with van der Waals surface area (Å²) in [5.74, 6) is -0.133. The second-order valence-electron chi connectivity index (χ2n) is 7.47. The lowest BCUT2D eigenvalue weighted by molar-refractivity contribution is -0.142. The van der Waals surface area contributed by atoms with E-state index in [1.165, 1.54) is 0 Å². The third-order valence-corrected chi connectivity index (χ3v) is 5.85. The highest BCUT2D eigenvalue weighted by Crippen LogP contribution is 2.33. The highest BCUT2D eigenvalue weighted by molar-refractivity contribution is 5.98. The maximum Gasteiger partial charge on any atom is 0.254 e. The lowest BCUT2D eigenvalue weighted by atomic mass is 10.0. The summed E-state index contributed by atoms with van der Waals surface area (Å²) in [6.45, 7) is 2.17. The zero-order valence-electron chi connectivity index (χ0n) is 16.0. The standard InChI is InChI=1S/C20H25FN4O3/c1-13-15-6-5-14(11-16(15)23-22-13)20(27)25-9-8-24(17-3-2-4-18(17)25)19(26)12-28-10-7-21/h5-6,11,17-18H,2-4,7-10,12H2,1H3,(H,22,23)/t17-,18+/m1/s1. The molecule has 1 aromatic heterocycles. The quantitative estimate of drug-likeness (QED) is 0.796. The highest BCUT2D eigenvalue weighted by atomic mass is 19.1. The number of rotatable bonds is 5. The minimum absolute atomic E-state index is 0.00976. The molecule has 1 aliphatic carbocycles. The molecule has 8 heteroatoms. The maximum absolute atomic E-state index is 13.2. The average molecular weight is 388 g/mol. The zero-order chi connectivity index (χ0) is 19.7. The van der Waals surface area contributed by atoms with E-state index in [1.807, 2.05) is 34.9 Å². The van der Waals surface area contributed by atoms with Gasteiger partial charge in [-0.3, -0.25) is 14.7 Å². The highest BCUT2D eigenvalue weighted by Gasteiger charge is 2.43. The van der Waals surface area contributed by atoms with E-state index in [2.05, 4.69) is 10.2 Å². The number of nitrogens with one attached hydrogen (secondary N) is 1. The number of benzene rings is 1. The summed E-state index contributed by atoms with van der Waals surface area (Å²) in [5.41, 5.74) is 2.38. The van der Waals surface area contributed by atoms with Crippen LogP contribution in [-0.2, 0) is 9.53 Å². The first-order valence-corrected chi connectivity index (χ1v) is 9.79. The molecule has 0 radical (unpaired) electrons. The Labute approximate surface area is 162 Å². The number of halogens is 1. The number of aromatic amines is 1. The van der Waals surface area contributed by atoms with Gasteiger partial charge in [-0.25, -0.2) is 4.39 Å². The predicted octanol–water partition coefficient (Wildman–Crippen LogP) is 2.06. The van der Waals surface area contributed by atoms with Crippen LogP contribution in [0.25, 0.3) is 10.9 Å². The van der Waals surface area contributed by atoms with E-state index in [4.69, 9.17) is 4.74 Å². The van der Waals surface area contributed by atoms with E-state index in [0.717, 1.165) is 35.9 Å². The Morgan fingerprint density at radius 2 is 2.00 bits per heavy atom. The van der Waals surface area contributed by atoms with Crippen molar-refractivity contribution in [2.45, 2.75) is 38.3 Å². The summed E-state index contributed by atoms with van der Waals surface area (Å²) < 4.78 is 17.3. The van der Waals surface area contributed by atoms with Gasteiger partial charge in [-0.2, -0.15) is 5.10 Å². The van der Waals surface area contributed by atoms with Gasteiger partial charge in [0.15, 0.2) is 0 Å². The van der Waals surface area contributed by atoms with E-state index in [9.17, 15) is 14.0 Å². The largest absolute Gasteiger partial charge is 0.369 e. The number of carbonyl (C=O) groups excluding carboxylic acids is 2. The molecular weight excluding hydrogens is 363 g/mol. The number of fused-ring (bicyclic) bond motifs is 2. The van der Waals surface area contributed by atoms with Crippen LogP contribution in [0.2, 0.25) is 0 Å². The first-order chi connectivity index (χ1) is 13.6. The number of H-pyrrole nitrogens is 1. The smallest absolute Gasteiger partial charge is 0.254 e. The van der Waals surface area contributed by atoms with Crippen molar-refractivity contribution in [2.24, 2.45) is 0 Å². The van der Waals surface area contributed by atoms with E-state index < -0.39 is 6.67 Å². The van der Waals surface area contributed by atoms with Gasteiger partial charge in [0.05, 0.1) is 24.2 Å². The van der Waals surface area contributed by atoms with Crippen LogP contribution in [0, 0.1) is 6.92 Å². The number of ether oxygens (including phenoxy) is 1. The van der Waals surface area contributed by atoms with E-state index in [0.29, 0.717) is 18.7 Å². The summed E-state index contributed by atoms with van der Waals surface area (Å²) in [4.78, 5) is 29.4. The van der Waals surface area contributed by atoms with Crippen LogP contribution in [0.4, 0.5) is 4.39 Å². The lowest BCUT2D eigenvalue weighted by Gasteiger charge is -2.44. The van der Waals surface area contributed by atoms with Crippen LogP contribution < -0.4 is 0 Å². The number of hydrogen-bond donors (Lipinski definition) is 1. The molecule has 1 N–H and O–H groups in total. The summed E-state index contributed by atoms with van der Waals surface area (Å²) in [5, 5.41) is 8.21. The van der Waals surface area contributed by atoms with Crippen molar-refractivity contribution in [1.82, 2.24) is 20.0 Å². The third kappa shape index (κ3) is 3.37. The second kappa shape index (κ2) is 7.87. The van der Waals surface area contributed by atoms with Crippen molar-refractivity contribution in [1.29, 1.82) is 0 Å². The molecule has 1 saturated carbocycles. The number of piperazine rings is 1. The van der Waals surface area contributed by atoms with Crippen LogP contribution in [0.3, 0.4) is 0 Å². The molecule has 1 saturated heterocycles. The molecule has 0 spiro atoms. The number of hydrogen-bond acceptors (Lipinski definition) is 4. The van der Waals surface area contributed by atoms with Gasteiger partial charge in [0.25, 0.3) is 5.91 Å². The topological polar surface area (TPSA) is 78.5 Å². The van der Waals surface area contributed by atoms with Gasteiger partial charge in [0.2, 0.25) is 5.91 Å². The molecule has 150 valence electrons. The van der Waals surface area contributed by atoms with Crippen LogP contribution in [0.5, 0.6) is 0 Å².